The third-order valence-corrected chi connectivity index (χ3v) is 2.20. The van der Waals surface area contributed by atoms with Crippen LogP contribution in [0.4, 0.5) is 4.39 Å². The Morgan fingerprint density at radius 3 is 2.69 bits per heavy atom. The number of ether oxygens (including phenoxy) is 1. The van der Waals surface area contributed by atoms with Crippen molar-refractivity contribution in [1.82, 2.24) is 0 Å². The van der Waals surface area contributed by atoms with E-state index in [0.29, 0.717) is 0 Å². The van der Waals surface area contributed by atoms with E-state index in [1.807, 2.05) is 0 Å². The summed E-state index contributed by atoms with van der Waals surface area (Å²) in [5.41, 5.74) is 0.127. The first-order valence-electron chi connectivity index (χ1n) is 4.81. The predicted molar refractivity (Wildman–Crippen MR) is 55.2 cm³/mol. The number of halogens is 1. The first-order chi connectivity index (χ1) is 7.54. The van der Waals surface area contributed by atoms with Gasteiger partial charge in [-0.25, -0.2) is 4.39 Å². The maximum absolute atomic E-state index is 13.4. The maximum atomic E-state index is 13.4. The number of methoxy groups -OCH3 is 1. The zero-order valence-corrected chi connectivity index (χ0v) is 8.86. The lowest BCUT2D eigenvalue weighted by atomic mass is 10.1. The van der Waals surface area contributed by atoms with Crippen LogP contribution < -0.4 is 4.74 Å². The molecule has 0 fully saturated rings. The van der Waals surface area contributed by atoms with Gasteiger partial charge in [-0.1, -0.05) is 0 Å². The van der Waals surface area contributed by atoms with Crippen LogP contribution in [0.15, 0.2) is 12.1 Å². The Hall–Kier alpha value is -1.78. The molecule has 88 valence electrons. The zero-order chi connectivity index (χ0) is 12.1. The summed E-state index contributed by atoms with van der Waals surface area (Å²) in [6.07, 6.45) is 0.422. The normalized spacial score (nSPS) is 10.1. The lowest BCUT2D eigenvalue weighted by Gasteiger charge is -2.07. The van der Waals surface area contributed by atoms with E-state index in [1.54, 1.807) is 0 Å². The molecule has 0 aliphatic rings. The second kappa shape index (κ2) is 5.34. The molecule has 0 heterocycles. The number of hydrogen-bond acceptors (Lipinski definition) is 3. The highest BCUT2D eigenvalue weighted by Crippen LogP contribution is 2.27. The van der Waals surface area contributed by atoms with E-state index in [2.05, 4.69) is 0 Å². The van der Waals surface area contributed by atoms with Crippen molar-refractivity contribution in [2.75, 3.05) is 7.11 Å². The fourth-order valence-corrected chi connectivity index (χ4v) is 1.38. The van der Waals surface area contributed by atoms with Gasteiger partial charge in [-0.15, -0.1) is 0 Å². The van der Waals surface area contributed by atoms with Crippen molar-refractivity contribution < 1.29 is 24.1 Å². The Morgan fingerprint density at radius 2 is 2.19 bits per heavy atom. The van der Waals surface area contributed by atoms with E-state index < -0.39 is 11.8 Å². The Labute approximate surface area is 92.3 Å². The SMILES string of the molecule is COc1cc(O)c(CCCC(=O)O)c(F)c1. The van der Waals surface area contributed by atoms with E-state index in [0.717, 1.165) is 6.07 Å². The standard InChI is InChI=1S/C11H13FO4/c1-16-7-5-9(12)8(10(13)6-7)3-2-4-11(14)15/h5-6,13H,2-4H2,1H3,(H,14,15). The van der Waals surface area contributed by atoms with Gasteiger partial charge >= 0.3 is 5.97 Å². The van der Waals surface area contributed by atoms with E-state index in [-0.39, 0.29) is 36.3 Å². The second-order valence-electron chi connectivity index (χ2n) is 3.35. The van der Waals surface area contributed by atoms with Crippen molar-refractivity contribution in [1.29, 1.82) is 0 Å². The average molecular weight is 228 g/mol. The van der Waals surface area contributed by atoms with Gasteiger partial charge < -0.3 is 14.9 Å². The number of benzene rings is 1. The van der Waals surface area contributed by atoms with Gasteiger partial charge in [0.25, 0.3) is 0 Å². The van der Waals surface area contributed by atoms with Crippen molar-refractivity contribution in [3.8, 4) is 11.5 Å². The molecular weight excluding hydrogens is 215 g/mol. The van der Waals surface area contributed by atoms with Crippen LogP contribution in [0.25, 0.3) is 0 Å². The van der Waals surface area contributed by atoms with E-state index >= 15 is 0 Å². The quantitative estimate of drug-likeness (QED) is 0.808. The highest BCUT2D eigenvalue weighted by atomic mass is 19.1. The number of hydrogen-bond donors (Lipinski definition) is 2. The molecule has 1 rings (SSSR count). The number of carboxylic acids is 1. The van der Waals surface area contributed by atoms with Gasteiger partial charge in [0.2, 0.25) is 0 Å². The number of carboxylic acid groups (broad SMARTS) is 1. The Balaban J connectivity index is 2.76. The number of phenols is 1. The fraction of sp³-hybridized carbons (Fsp3) is 0.364. The molecule has 0 bridgehead atoms. The predicted octanol–water partition coefficient (Wildman–Crippen LogP) is 1.95. The highest BCUT2D eigenvalue weighted by molar-refractivity contribution is 5.66. The molecule has 0 spiro atoms. The smallest absolute Gasteiger partial charge is 0.303 e. The molecule has 4 nitrogen and oxygen atoms in total. The van der Waals surface area contributed by atoms with Crippen LogP contribution in [0.3, 0.4) is 0 Å². The molecule has 0 amide bonds. The first kappa shape index (κ1) is 12.3. The van der Waals surface area contributed by atoms with Crippen LogP contribution in [0, 0.1) is 5.82 Å². The third-order valence-electron chi connectivity index (χ3n) is 2.20. The topological polar surface area (TPSA) is 66.8 Å². The molecule has 0 radical (unpaired) electrons. The summed E-state index contributed by atoms with van der Waals surface area (Å²) < 4.78 is 18.2. The lowest BCUT2D eigenvalue weighted by molar-refractivity contribution is -0.137. The minimum atomic E-state index is -0.937. The Bertz CT molecular complexity index is 367. The van der Waals surface area contributed by atoms with Crippen molar-refractivity contribution >= 4 is 5.97 Å². The molecule has 1 aromatic rings. The van der Waals surface area contributed by atoms with Crippen LogP contribution in [-0.2, 0) is 11.2 Å². The number of rotatable bonds is 5. The molecule has 2 N–H and O–H groups in total. The van der Waals surface area contributed by atoms with Crippen LogP contribution in [0.2, 0.25) is 0 Å². The van der Waals surface area contributed by atoms with Crippen LogP contribution in [0.1, 0.15) is 18.4 Å². The molecular formula is C11H13FO4. The summed E-state index contributed by atoms with van der Waals surface area (Å²) in [6, 6.07) is 2.47. The monoisotopic (exact) mass is 228 g/mol. The van der Waals surface area contributed by atoms with Gasteiger partial charge in [-0.3, -0.25) is 4.79 Å². The molecule has 5 heteroatoms. The van der Waals surface area contributed by atoms with Crippen LogP contribution >= 0.6 is 0 Å². The van der Waals surface area contributed by atoms with Crippen molar-refractivity contribution in [2.24, 2.45) is 0 Å². The molecule has 0 aliphatic carbocycles. The van der Waals surface area contributed by atoms with Gasteiger partial charge in [0.15, 0.2) is 0 Å². The fourth-order valence-electron chi connectivity index (χ4n) is 1.38. The zero-order valence-electron chi connectivity index (χ0n) is 8.86. The van der Waals surface area contributed by atoms with E-state index in [9.17, 15) is 14.3 Å². The second-order valence-corrected chi connectivity index (χ2v) is 3.35. The van der Waals surface area contributed by atoms with Gasteiger partial charge in [0.05, 0.1) is 7.11 Å². The average Bonchev–Trinajstić information content (AvgIpc) is 2.21. The molecule has 0 saturated heterocycles. The Morgan fingerprint density at radius 1 is 1.50 bits per heavy atom. The first-order valence-corrected chi connectivity index (χ1v) is 4.81. The molecule has 0 aromatic heterocycles. The molecule has 0 atom stereocenters. The Kier molecular flexibility index (Phi) is 4.10. The van der Waals surface area contributed by atoms with E-state index in [1.165, 1.54) is 13.2 Å². The molecule has 0 saturated carbocycles. The molecule has 0 aliphatic heterocycles. The number of aromatic hydroxyl groups is 1. The largest absolute Gasteiger partial charge is 0.507 e. The maximum Gasteiger partial charge on any atom is 0.303 e. The van der Waals surface area contributed by atoms with E-state index in [4.69, 9.17) is 9.84 Å². The molecule has 0 unspecified atom stereocenters. The van der Waals surface area contributed by atoms with Crippen LogP contribution in [0.5, 0.6) is 11.5 Å². The number of carbonyl (C=O) groups is 1. The summed E-state index contributed by atoms with van der Waals surface area (Å²) in [6.45, 7) is 0. The summed E-state index contributed by atoms with van der Waals surface area (Å²) in [5.74, 6) is -1.49. The summed E-state index contributed by atoms with van der Waals surface area (Å²) >= 11 is 0. The van der Waals surface area contributed by atoms with Crippen LogP contribution in [-0.4, -0.2) is 23.3 Å². The van der Waals surface area contributed by atoms with Gasteiger partial charge in [-0.05, 0) is 12.8 Å². The van der Waals surface area contributed by atoms with Gasteiger partial charge in [0, 0.05) is 24.1 Å². The number of aliphatic carboxylic acids is 1. The minimum absolute atomic E-state index is 0.0507. The van der Waals surface area contributed by atoms with Crippen molar-refractivity contribution in [2.45, 2.75) is 19.3 Å². The van der Waals surface area contributed by atoms with Gasteiger partial charge in [0.1, 0.15) is 17.3 Å². The lowest BCUT2D eigenvalue weighted by Crippen LogP contribution is -1.98. The summed E-state index contributed by atoms with van der Waals surface area (Å²) in [4.78, 5) is 10.3. The van der Waals surface area contributed by atoms with Crippen molar-refractivity contribution in [3.05, 3.63) is 23.5 Å². The number of phenolic OH excluding ortho intramolecular Hbond substituents is 1. The summed E-state index contributed by atoms with van der Waals surface area (Å²) in [5, 5.41) is 17.9. The minimum Gasteiger partial charge on any atom is -0.507 e. The highest BCUT2D eigenvalue weighted by Gasteiger charge is 2.11. The molecule has 16 heavy (non-hydrogen) atoms. The van der Waals surface area contributed by atoms with Crippen molar-refractivity contribution in [3.63, 3.8) is 0 Å². The molecule has 1 aromatic carbocycles. The third kappa shape index (κ3) is 3.12. The van der Waals surface area contributed by atoms with Gasteiger partial charge in [-0.2, -0.15) is 0 Å². The summed E-state index contributed by atoms with van der Waals surface area (Å²) in [7, 11) is 1.37.